The molecule has 0 saturated heterocycles. The molecule has 1 aromatic rings. The lowest BCUT2D eigenvalue weighted by Crippen LogP contribution is -2.37. The second kappa shape index (κ2) is 4.19. The van der Waals surface area contributed by atoms with E-state index in [2.05, 4.69) is 12.1 Å². The zero-order valence-corrected chi connectivity index (χ0v) is 9.38. The third-order valence-electron chi connectivity index (χ3n) is 4.07. The normalized spacial score (nSPS) is 36.8. The van der Waals surface area contributed by atoms with Crippen molar-refractivity contribution in [2.45, 2.75) is 38.1 Å². The highest BCUT2D eigenvalue weighted by Gasteiger charge is 2.47. The fourth-order valence-corrected chi connectivity index (χ4v) is 3.06. The van der Waals surface area contributed by atoms with Crippen LogP contribution < -0.4 is 0 Å². The van der Waals surface area contributed by atoms with Gasteiger partial charge in [0, 0.05) is 0 Å². The van der Waals surface area contributed by atoms with Gasteiger partial charge in [0.25, 0.3) is 0 Å². The Bertz CT molecular complexity index is 349. The maximum Gasteiger partial charge on any atom is 0.0720 e. The smallest absolute Gasteiger partial charge is 0.0720 e. The van der Waals surface area contributed by atoms with Crippen molar-refractivity contribution in [3.63, 3.8) is 0 Å². The highest BCUT2D eigenvalue weighted by atomic mass is 16.5. The summed E-state index contributed by atoms with van der Waals surface area (Å²) < 4.78 is 5.91. The number of rotatable bonds is 3. The molecule has 1 aromatic carbocycles. The first-order valence-electron chi connectivity index (χ1n) is 6.16. The van der Waals surface area contributed by atoms with E-state index in [-0.39, 0.29) is 6.10 Å². The summed E-state index contributed by atoms with van der Waals surface area (Å²) in [7, 11) is 0. The van der Waals surface area contributed by atoms with Crippen molar-refractivity contribution in [3.05, 3.63) is 35.9 Å². The largest absolute Gasteiger partial charge is 0.393 e. The quantitative estimate of drug-likeness (QED) is 0.844. The molecule has 0 aliphatic heterocycles. The number of ether oxygens (including phenoxy) is 1. The lowest BCUT2D eigenvalue weighted by atomic mass is 9.74. The first-order chi connectivity index (χ1) is 7.83. The molecule has 2 aliphatic carbocycles. The molecular formula is C14H18O2. The highest BCUT2D eigenvalue weighted by Crippen LogP contribution is 2.47. The van der Waals surface area contributed by atoms with Crippen LogP contribution in [0.1, 0.15) is 24.8 Å². The van der Waals surface area contributed by atoms with E-state index in [1.807, 2.05) is 18.2 Å². The second-order valence-corrected chi connectivity index (χ2v) is 5.12. The average Bonchev–Trinajstić information content (AvgIpc) is 2.65. The van der Waals surface area contributed by atoms with Crippen molar-refractivity contribution in [2.75, 3.05) is 0 Å². The van der Waals surface area contributed by atoms with Gasteiger partial charge in [-0.2, -0.15) is 0 Å². The molecule has 4 unspecified atom stereocenters. The van der Waals surface area contributed by atoms with Crippen LogP contribution in [0.15, 0.2) is 30.3 Å². The van der Waals surface area contributed by atoms with Gasteiger partial charge in [-0.15, -0.1) is 0 Å². The molecule has 3 rings (SSSR count). The van der Waals surface area contributed by atoms with Crippen LogP contribution >= 0.6 is 0 Å². The van der Waals surface area contributed by atoms with Crippen LogP contribution in [0.25, 0.3) is 0 Å². The van der Waals surface area contributed by atoms with Crippen LogP contribution in [-0.4, -0.2) is 17.3 Å². The van der Waals surface area contributed by atoms with Gasteiger partial charge in [-0.05, 0) is 36.7 Å². The van der Waals surface area contributed by atoms with E-state index in [9.17, 15) is 5.11 Å². The molecule has 0 aromatic heterocycles. The summed E-state index contributed by atoms with van der Waals surface area (Å²) >= 11 is 0. The number of aliphatic hydroxyl groups is 1. The van der Waals surface area contributed by atoms with Crippen molar-refractivity contribution >= 4 is 0 Å². The van der Waals surface area contributed by atoms with Crippen LogP contribution in [0.3, 0.4) is 0 Å². The molecule has 2 fully saturated rings. The van der Waals surface area contributed by atoms with Gasteiger partial charge in [-0.25, -0.2) is 0 Å². The SMILES string of the molecule is OC1CC2CC(OCc3ccccc3)CC12. The van der Waals surface area contributed by atoms with E-state index in [0.29, 0.717) is 18.6 Å². The number of benzene rings is 1. The molecule has 0 spiro atoms. The topological polar surface area (TPSA) is 29.5 Å². The molecule has 2 saturated carbocycles. The van der Waals surface area contributed by atoms with Crippen LogP contribution in [0, 0.1) is 11.8 Å². The van der Waals surface area contributed by atoms with E-state index in [1.165, 1.54) is 5.56 Å². The molecule has 16 heavy (non-hydrogen) atoms. The van der Waals surface area contributed by atoms with E-state index < -0.39 is 0 Å². The zero-order chi connectivity index (χ0) is 11.0. The number of aliphatic hydroxyl groups excluding tert-OH is 1. The predicted octanol–water partition coefficient (Wildman–Crippen LogP) is 2.36. The van der Waals surface area contributed by atoms with E-state index >= 15 is 0 Å². The van der Waals surface area contributed by atoms with Gasteiger partial charge in [0.15, 0.2) is 0 Å². The highest BCUT2D eigenvalue weighted by molar-refractivity contribution is 5.13. The fourth-order valence-electron chi connectivity index (χ4n) is 3.06. The van der Waals surface area contributed by atoms with Gasteiger partial charge < -0.3 is 9.84 Å². The molecule has 0 amide bonds. The monoisotopic (exact) mass is 218 g/mol. The Morgan fingerprint density at radius 1 is 1.12 bits per heavy atom. The maximum absolute atomic E-state index is 9.57. The van der Waals surface area contributed by atoms with Crippen LogP contribution in [0.4, 0.5) is 0 Å². The molecule has 1 N–H and O–H groups in total. The number of hydrogen-bond acceptors (Lipinski definition) is 2. The van der Waals surface area contributed by atoms with Gasteiger partial charge in [-0.1, -0.05) is 30.3 Å². The summed E-state index contributed by atoms with van der Waals surface area (Å²) in [6.07, 6.45) is 3.52. The molecule has 2 nitrogen and oxygen atoms in total. The summed E-state index contributed by atoms with van der Waals surface area (Å²) in [6, 6.07) is 10.3. The van der Waals surface area contributed by atoms with E-state index in [0.717, 1.165) is 25.2 Å². The van der Waals surface area contributed by atoms with Gasteiger partial charge in [0.05, 0.1) is 18.8 Å². The number of fused-ring (bicyclic) bond motifs is 1. The molecule has 86 valence electrons. The van der Waals surface area contributed by atoms with Crippen molar-refractivity contribution < 1.29 is 9.84 Å². The van der Waals surface area contributed by atoms with Gasteiger partial charge >= 0.3 is 0 Å². The lowest BCUT2D eigenvalue weighted by Gasteiger charge is -2.35. The van der Waals surface area contributed by atoms with Crippen LogP contribution in [0.2, 0.25) is 0 Å². The van der Waals surface area contributed by atoms with Gasteiger partial charge in [-0.3, -0.25) is 0 Å². The second-order valence-electron chi connectivity index (χ2n) is 5.12. The fraction of sp³-hybridized carbons (Fsp3) is 0.571. The Labute approximate surface area is 96.2 Å². The van der Waals surface area contributed by atoms with Crippen molar-refractivity contribution in [2.24, 2.45) is 11.8 Å². The standard InChI is InChI=1S/C14H18O2/c15-14-7-11-6-12(8-13(11)14)16-9-10-4-2-1-3-5-10/h1-5,11-15H,6-9H2. The van der Waals surface area contributed by atoms with Crippen molar-refractivity contribution in [1.29, 1.82) is 0 Å². The molecule has 4 atom stereocenters. The molecule has 2 heteroatoms. The van der Waals surface area contributed by atoms with Gasteiger partial charge in [0.2, 0.25) is 0 Å². The first kappa shape index (κ1) is 10.3. The van der Waals surface area contributed by atoms with E-state index in [1.54, 1.807) is 0 Å². The summed E-state index contributed by atoms with van der Waals surface area (Å²) in [5.41, 5.74) is 1.24. The third-order valence-corrected chi connectivity index (χ3v) is 4.07. The Kier molecular flexibility index (Phi) is 2.70. The minimum atomic E-state index is -0.0460. The third kappa shape index (κ3) is 1.87. The summed E-state index contributed by atoms with van der Waals surface area (Å²) in [4.78, 5) is 0. The van der Waals surface area contributed by atoms with Crippen molar-refractivity contribution in [1.82, 2.24) is 0 Å². The summed E-state index contributed by atoms with van der Waals surface area (Å²) in [5, 5.41) is 9.57. The summed E-state index contributed by atoms with van der Waals surface area (Å²) in [5.74, 6) is 1.26. The van der Waals surface area contributed by atoms with E-state index in [4.69, 9.17) is 4.74 Å². The minimum absolute atomic E-state index is 0.0460. The van der Waals surface area contributed by atoms with Gasteiger partial charge in [0.1, 0.15) is 0 Å². The molecular weight excluding hydrogens is 200 g/mol. The van der Waals surface area contributed by atoms with Crippen molar-refractivity contribution in [3.8, 4) is 0 Å². The Morgan fingerprint density at radius 2 is 1.94 bits per heavy atom. The molecule has 0 radical (unpaired) electrons. The molecule has 0 heterocycles. The van der Waals surface area contributed by atoms with Crippen LogP contribution in [0.5, 0.6) is 0 Å². The summed E-state index contributed by atoms with van der Waals surface area (Å²) in [6.45, 7) is 0.709. The minimum Gasteiger partial charge on any atom is -0.393 e. The first-order valence-corrected chi connectivity index (χ1v) is 6.16. The van der Waals surface area contributed by atoms with Crippen LogP contribution in [-0.2, 0) is 11.3 Å². The lowest BCUT2D eigenvalue weighted by molar-refractivity contribution is -0.0155. The Morgan fingerprint density at radius 3 is 2.62 bits per heavy atom. The maximum atomic E-state index is 9.57. The Hall–Kier alpha value is -0.860. The average molecular weight is 218 g/mol. The number of hydrogen-bond donors (Lipinski definition) is 1. The zero-order valence-electron chi connectivity index (χ0n) is 9.38. The molecule has 2 aliphatic rings. The Balaban J connectivity index is 1.50. The predicted molar refractivity (Wildman–Crippen MR) is 61.9 cm³/mol. The molecule has 0 bridgehead atoms.